The Labute approximate surface area is 104 Å². The lowest BCUT2D eigenvalue weighted by atomic mass is 9.86. The van der Waals surface area contributed by atoms with Gasteiger partial charge in [-0.15, -0.1) is 0 Å². The summed E-state index contributed by atoms with van der Waals surface area (Å²) < 4.78 is 0. The van der Waals surface area contributed by atoms with Crippen molar-refractivity contribution in [2.45, 2.75) is 74.1 Å². The first-order valence-corrected chi connectivity index (χ1v) is 7.09. The molecule has 0 rings (SSSR count). The zero-order valence-electron chi connectivity index (χ0n) is 12.6. The first-order chi connectivity index (χ1) is 7.38. The van der Waals surface area contributed by atoms with Crippen LogP contribution in [0.2, 0.25) is 0 Å². The van der Waals surface area contributed by atoms with Gasteiger partial charge in [0, 0.05) is 0 Å². The second-order valence-electron chi connectivity index (χ2n) is 6.17. The molecule has 0 aliphatic heterocycles. The van der Waals surface area contributed by atoms with Gasteiger partial charge >= 0.3 is 0 Å². The number of hydrogen-bond donors (Lipinski definition) is 0. The van der Waals surface area contributed by atoms with E-state index in [4.69, 9.17) is 0 Å². The highest BCUT2D eigenvalue weighted by Gasteiger charge is 2.11. The molecule has 0 saturated carbocycles. The summed E-state index contributed by atoms with van der Waals surface area (Å²) in [5, 5.41) is 0. The summed E-state index contributed by atoms with van der Waals surface area (Å²) in [7, 11) is 0. The van der Waals surface area contributed by atoms with Gasteiger partial charge in [0.2, 0.25) is 0 Å². The van der Waals surface area contributed by atoms with Crippen LogP contribution in [0.3, 0.4) is 0 Å². The van der Waals surface area contributed by atoms with Crippen LogP contribution in [0.15, 0.2) is 11.1 Å². The van der Waals surface area contributed by atoms with Gasteiger partial charge in [-0.2, -0.15) is 0 Å². The Bertz CT molecular complexity index is 206. The smallest absolute Gasteiger partial charge is 0.0257 e. The Balaban J connectivity index is 4.71. The van der Waals surface area contributed by atoms with Gasteiger partial charge in [-0.05, 0) is 43.4 Å². The fourth-order valence-corrected chi connectivity index (χ4v) is 2.26. The van der Waals surface area contributed by atoms with E-state index in [1.54, 1.807) is 11.1 Å². The van der Waals surface area contributed by atoms with Gasteiger partial charge < -0.3 is 0 Å². The van der Waals surface area contributed by atoms with E-state index >= 15 is 0 Å². The molecule has 0 aromatic carbocycles. The molecule has 0 heterocycles. The van der Waals surface area contributed by atoms with Crippen LogP contribution in [0.25, 0.3) is 0 Å². The van der Waals surface area contributed by atoms with Crippen LogP contribution in [0.4, 0.5) is 0 Å². The lowest BCUT2D eigenvalue weighted by Gasteiger charge is -2.20. The maximum absolute atomic E-state index is 2.35. The van der Waals surface area contributed by atoms with Crippen LogP contribution >= 0.6 is 0 Å². The normalized spacial score (nSPS) is 13.9. The molecule has 0 bridgehead atoms. The van der Waals surface area contributed by atoms with Crippen LogP contribution in [-0.2, 0) is 0 Å². The average Bonchev–Trinajstić information content (AvgIpc) is 2.15. The van der Waals surface area contributed by atoms with Gasteiger partial charge in [-0.3, -0.25) is 0 Å². The minimum absolute atomic E-state index is 0.726. The molecular weight excluding hydrogens is 192 g/mol. The first kappa shape index (κ1) is 15.7. The average molecular weight is 224 g/mol. The monoisotopic (exact) mass is 224 g/mol. The number of rotatable bonds is 7. The highest BCUT2D eigenvalue weighted by molar-refractivity contribution is 5.16. The molecule has 16 heavy (non-hydrogen) atoms. The maximum Gasteiger partial charge on any atom is -0.0257 e. The second-order valence-corrected chi connectivity index (χ2v) is 6.17. The van der Waals surface area contributed by atoms with Crippen molar-refractivity contribution in [1.82, 2.24) is 0 Å². The highest BCUT2D eigenvalue weighted by Crippen LogP contribution is 2.28. The van der Waals surface area contributed by atoms with Gasteiger partial charge in [0.15, 0.2) is 0 Å². The van der Waals surface area contributed by atoms with Gasteiger partial charge in [0.25, 0.3) is 0 Å². The Morgan fingerprint density at radius 1 is 0.875 bits per heavy atom. The van der Waals surface area contributed by atoms with E-state index in [2.05, 4.69) is 48.5 Å². The van der Waals surface area contributed by atoms with Gasteiger partial charge in [-0.25, -0.2) is 0 Å². The summed E-state index contributed by atoms with van der Waals surface area (Å²) in [6, 6.07) is 0. The SMILES string of the molecule is CCC(CCC(C)C)=C(CC(C)C)C(C)C. The van der Waals surface area contributed by atoms with Crippen molar-refractivity contribution >= 4 is 0 Å². The largest absolute Gasteiger partial charge is 0.0710 e. The first-order valence-electron chi connectivity index (χ1n) is 7.09. The van der Waals surface area contributed by atoms with E-state index in [9.17, 15) is 0 Å². The molecule has 0 aliphatic rings. The summed E-state index contributed by atoms with van der Waals surface area (Å²) >= 11 is 0. The van der Waals surface area contributed by atoms with Crippen molar-refractivity contribution in [3.05, 3.63) is 11.1 Å². The van der Waals surface area contributed by atoms with Crippen molar-refractivity contribution in [3.8, 4) is 0 Å². The van der Waals surface area contributed by atoms with Crippen molar-refractivity contribution < 1.29 is 0 Å². The summed E-state index contributed by atoms with van der Waals surface area (Å²) in [5.41, 5.74) is 3.47. The molecule has 0 spiro atoms. The van der Waals surface area contributed by atoms with E-state index in [0.717, 1.165) is 17.8 Å². The van der Waals surface area contributed by atoms with Gasteiger partial charge in [0.1, 0.15) is 0 Å². The summed E-state index contributed by atoms with van der Waals surface area (Å²) in [6.45, 7) is 16.3. The molecule has 0 amide bonds. The van der Waals surface area contributed by atoms with Crippen LogP contribution in [0.5, 0.6) is 0 Å². The molecule has 0 unspecified atom stereocenters. The standard InChI is InChI=1S/C16H32/c1-8-15(10-9-12(2)3)16(14(6)7)11-13(4)5/h12-14H,8-11H2,1-7H3. The Hall–Kier alpha value is -0.260. The molecule has 0 atom stereocenters. The van der Waals surface area contributed by atoms with Gasteiger partial charge in [-0.1, -0.05) is 59.6 Å². The fraction of sp³-hybridized carbons (Fsp3) is 0.875. The van der Waals surface area contributed by atoms with E-state index in [-0.39, 0.29) is 0 Å². The highest BCUT2D eigenvalue weighted by atomic mass is 14.2. The quantitative estimate of drug-likeness (QED) is 0.477. The topological polar surface area (TPSA) is 0 Å². The molecule has 0 fully saturated rings. The molecule has 96 valence electrons. The minimum Gasteiger partial charge on any atom is -0.0710 e. The maximum atomic E-state index is 2.35. The van der Waals surface area contributed by atoms with E-state index in [1.807, 2.05) is 0 Å². The lowest BCUT2D eigenvalue weighted by Crippen LogP contribution is -2.04. The molecular formula is C16H32. The zero-order valence-corrected chi connectivity index (χ0v) is 12.6. The van der Waals surface area contributed by atoms with Crippen molar-refractivity contribution in [2.24, 2.45) is 17.8 Å². The Morgan fingerprint density at radius 2 is 1.44 bits per heavy atom. The minimum atomic E-state index is 0.726. The molecule has 0 saturated heterocycles. The second kappa shape index (κ2) is 7.92. The number of hydrogen-bond acceptors (Lipinski definition) is 0. The molecule has 0 aromatic rings. The van der Waals surface area contributed by atoms with E-state index < -0.39 is 0 Å². The third-order valence-electron chi connectivity index (χ3n) is 3.23. The molecule has 0 radical (unpaired) electrons. The molecule has 0 N–H and O–H groups in total. The zero-order chi connectivity index (χ0) is 12.7. The van der Waals surface area contributed by atoms with Crippen molar-refractivity contribution in [2.75, 3.05) is 0 Å². The Kier molecular flexibility index (Phi) is 7.80. The lowest BCUT2D eigenvalue weighted by molar-refractivity contribution is 0.546. The third-order valence-corrected chi connectivity index (χ3v) is 3.23. The summed E-state index contributed by atoms with van der Waals surface area (Å²) in [6.07, 6.45) is 5.19. The van der Waals surface area contributed by atoms with Gasteiger partial charge in [0.05, 0.1) is 0 Å². The third kappa shape index (κ3) is 6.35. The molecule has 0 heteroatoms. The summed E-state index contributed by atoms with van der Waals surface area (Å²) in [5.74, 6) is 2.34. The van der Waals surface area contributed by atoms with Crippen LogP contribution < -0.4 is 0 Å². The van der Waals surface area contributed by atoms with E-state index in [0.29, 0.717) is 0 Å². The van der Waals surface area contributed by atoms with E-state index in [1.165, 1.54) is 25.7 Å². The molecule has 0 aromatic heterocycles. The van der Waals surface area contributed by atoms with Crippen LogP contribution in [-0.4, -0.2) is 0 Å². The summed E-state index contributed by atoms with van der Waals surface area (Å²) in [4.78, 5) is 0. The molecule has 0 aliphatic carbocycles. The van der Waals surface area contributed by atoms with Crippen molar-refractivity contribution in [3.63, 3.8) is 0 Å². The van der Waals surface area contributed by atoms with Crippen LogP contribution in [0.1, 0.15) is 74.1 Å². The predicted molar refractivity (Wildman–Crippen MR) is 75.7 cm³/mol. The fourth-order valence-electron chi connectivity index (χ4n) is 2.26. The number of allylic oxidation sites excluding steroid dienone is 2. The Morgan fingerprint density at radius 3 is 1.75 bits per heavy atom. The molecule has 0 nitrogen and oxygen atoms in total. The van der Waals surface area contributed by atoms with Crippen LogP contribution in [0, 0.1) is 17.8 Å². The predicted octanol–water partition coefficient (Wildman–Crippen LogP) is 5.83. The van der Waals surface area contributed by atoms with Crippen molar-refractivity contribution in [1.29, 1.82) is 0 Å².